The standard InChI is InChI=1S/C20H23N3O8S2/c1-12-7-13(2)19(22-32(4,26)27)15(8-12)9-14-5-6-16(17(10-14)31-20(25)30-3)23-11-18(24)21-33(23,28)29/h5-8,10,22H,9,11H2,1-4H3,(H,21,24). The van der Waals surface area contributed by atoms with Crippen molar-refractivity contribution in [2.45, 2.75) is 20.3 Å². The van der Waals surface area contributed by atoms with Crippen molar-refractivity contribution >= 4 is 43.7 Å². The number of methoxy groups -OCH3 is 1. The molecule has 0 saturated carbocycles. The summed E-state index contributed by atoms with van der Waals surface area (Å²) in [6, 6.07) is 8.10. The van der Waals surface area contributed by atoms with Gasteiger partial charge in [0.15, 0.2) is 5.75 Å². The third kappa shape index (κ3) is 5.73. The van der Waals surface area contributed by atoms with E-state index in [1.54, 1.807) is 13.0 Å². The van der Waals surface area contributed by atoms with Crippen LogP contribution in [0.1, 0.15) is 22.3 Å². The molecule has 0 aliphatic carbocycles. The summed E-state index contributed by atoms with van der Waals surface area (Å²) in [5, 5.41) is 0. The van der Waals surface area contributed by atoms with Crippen LogP contribution < -0.4 is 18.5 Å². The number of amides is 1. The lowest BCUT2D eigenvalue weighted by Crippen LogP contribution is -2.30. The second-order valence-corrected chi connectivity index (χ2v) is 10.9. The minimum atomic E-state index is -4.14. The van der Waals surface area contributed by atoms with Crippen molar-refractivity contribution in [3.8, 4) is 5.75 Å². The van der Waals surface area contributed by atoms with Crippen molar-refractivity contribution < 1.29 is 35.9 Å². The molecule has 0 atom stereocenters. The van der Waals surface area contributed by atoms with Crippen molar-refractivity contribution in [2.24, 2.45) is 0 Å². The molecule has 1 saturated heterocycles. The lowest BCUT2D eigenvalue weighted by atomic mass is 9.98. The van der Waals surface area contributed by atoms with Crippen molar-refractivity contribution in [1.29, 1.82) is 0 Å². The zero-order chi connectivity index (χ0) is 24.6. The Balaban J connectivity index is 2.06. The highest BCUT2D eigenvalue weighted by molar-refractivity contribution is 7.92. The first-order valence-corrected chi connectivity index (χ1v) is 12.9. The summed E-state index contributed by atoms with van der Waals surface area (Å²) >= 11 is 0. The molecule has 0 spiro atoms. The first kappa shape index (κ1) is 24.3. The molecule has 0 bridgehead atoms. The van der Waals surface area contributed by atoms with Crippen LogP contribution in [0.25, 0.3) is 0 Å². The molecule has 1 aliphatic heterocycles. The van der Waals surface area contributed by atoms with Crippen LogP contribution in [-0.2, 0) is 36.2 Å². The van der Waals surface area contributed by atoms with E-state index in [0.717, 1.165) is 28.8 Å². The molecular weight excluding hydrogens is 474 g/mol. The van der Waals surface area contributed by atoms with Crippen molar-refractivity contribution in [1.82, 2.24) is 4.72 Å². The number of benzene rings is 2. The van der Waals surface area contributed by atoms with Gasteiger partial charge in [-0.2, -0.15) is 8.42 Å². The number of carbonyl (C=O) groups excluding carboxylic acids is 2. The smallest absolute Gasteiger partial charge is 0.437 e. The van der Waals surface area contributed by atoms with Crippen LogP contribution >= 0.6 is 0 Å². The summed E-state index contributed by atoms with van der Waals surface area (Å²) in [5.41, 5.74) is 3.30. The number of nitrogens with one attached hydrogen (secondary N) is 2. The van der Waals surface area contributed by atoms with Gasteiger partial charge in [-0.3, -0.25) is 9.52 Å². The van der Waals surface area contributed by atoms with Crippen LogP contribution in [0.15, 0.2) is 30.3 Å². The van der Waals surface area contributed by atoms with Gasteiger partial charge in [0.25, 0.3) is 5.91 Å². The molecule has 3 rings (SSSR count). The normalized spacial score (nSPS) is 15.2. The molecule has 1 amide bonds. The van der Waals surface area contributed by atoms with Crippen LogP contribution in [-0.4, -0.2) is 48.8 Å². The zero-order valence-corrected chi connectivity index (χ0v) is 20.0. The highest BCUT2D eigenvalue weighted by Gasteiger charge is 2.36. The average molecular weight is 498 g/mol. The van der Waals surface area contributed by atoms with E-state index in [4.69, 9.17) is 4.74 Å². The summed E-state index contributed by atoms with van der Waals surface area (Å²) in [4.78, 5) is 23.4. The maximum absolute atomic E-state index is 12.3. The Hall–Kier alpha value is -3.32. The van der Waals surface area contributed by atoms with Crippen LogP contribution in [0.5, 0.6) is 5.75 Å². The highest BCUT2D eigenvalue weighted by atomic mass is 32.2. The molecule has 2 aromatic rings. The summed E-state index contributed by atoms with van der Waals surface area (Å²) in [5.74, 6) is -0.865. The third-order valence-electron chi connectivity index (χ3n) is 4.72. The van der Waals surface area contributed by atoms with Crippen molar-refractivity contribution in [3.63, 3.8) is 0 Å². The van der Waals surface area contributed by atoms with Gasteiger partial charge in [-0.1, -0.05) is 23.8 Å². The molecule has 11 nitrogen and oxygen atoms in total. The molecule has 0 aromatic heterocycles. The molecule has 33 heavy (non-hydrogen) atoms. The van der Waals surface area contributed by atoms with Gasteiger partial charge in [-0.15, -0.1) is 0 Å². The van der Waals surface area contributed by atoms with Gasteiger partial charge < -0.3 is 9.47 Å². The number of aryl methyl sites for hydroxylation is 2. The van der Waals surface area contributed by atoms with Crippen molar-refractivity contribution in [2.75, 3.05) is 28.9 Å². The van der Waals surface area contributed by atoms with E-state index in [1.807, 2.05) is 23.8 Å². The van der Waals surface area contributed by atoms with Gasteiger partial charge in [-0.25, -0.2) is 22.2 Å². The largest absolute Gasteiger partial charge is 0.513 e. The molecule has 2 N–H and O–H groups in total. The van der Waals surface area contributed by atoms with Gasteiger partial charge in [-0.05, 0) is 49.1 Å². The molecule has 2 aromatic carbocycles. The maximum Gasteiger partial charge on any atom is 0.513 e. The van der Waals surface area contributed by atoms with Gasteiger partial charge in [0.05, 0.1) is 24.7 Å². The van der Waals surface area contributed by atoms with Crippen molar-refractivity contribution in [3.05, 3.63) is 52.6 Å². The first-order chi connectivity index (χ1) is 15.3. The molecule has 1 aliphatic rings. The number of rotatable bonds is 6. The fraction of sp³-hybridized carbons (Fsp3) is 0.300. The maximum atomic E-state index is 12.3. The number of sulfonamides is 1. The monoisotopic (exact) mass is 497 g/mol. The minimum absolute atomic E-state index is 0.0302. The molecule has 0 radical (unpaired) electrons. The number of nitrogens with zero attached hydrogens (tertiary/aromatic N) is 1. The van der Waals surface area contributed by atoms with E-state index in [1.165, 1.54) is 12.1 Å². The molecular formula is C20H23N3O8S2. The highest BCUT2D eigenvalue weighted by Crippen LogP contribution is 2.34. The minimum Gasteiger partial charge on any atom is -0.437 e. The van der Waals surface area contributed by atoms with E-state index < -0.39 is 38.8 Å². The third-order valence-corrected chi connectivity index (χ3v) is 6.68. The Morgan fingerprint density at radius 1 is 1.21 bits per heavy atom. The number of hydrogen-bond acceptors (Lipinski definition) is 8. The summed E-state index contributed by atoms with van der Waals surface area (Å²) in [6.45, 7) is 3.18. The first-order valence-electron chi connectivity index (χ1n) is 9.59. The van der Waals surface area contributed by atoms with E-state index >= 15 is 0 Å². The predicted molar refractivity (Wildman–Crippen MR) is 121 cm³/mol. The number of hydrogen-bond donors (Lipinski definition) is 2. The van der Waals surface area contributed by atoms with E-state index in [-0.39, 0.29) is 17.9 Å². The Bertz CT molecular complexity index is 1340. The van der Waals surface area contributed by atoms with E-state index in [2.05, 4.69) is 9.46 Å². The number of ether oxygens (including phenoxy) is 2. The lowest BCUT2D eigenvalue weighted by molar-refractivity contribution is -0.117. The second kappa shape index (κ2) is 8.90. The molecule has 1 heterocycles. The Morgan fingerprint density at radius 2 is 1.91 bits per heavy atom. The fourth-order valence-electron chi connectivity index (χ4n) is 3.50. The van der Waals surface area contributed by atoms with Crippen LogP contribution in [0, 0.1) is 13.8 Å². The van der Waals surface area contributed by atoms with Gasteiger partial charge in [0.2, 0.25) is 10.0 Å². The lowest BCUT2D eigenvalue weighted by Gasteiger charge is -2.19. The quantitative estimate of drug-likeness (QED) is 0.452. The fourth-order valence-corrected chi connectivity index (χ4v) is 5.32. The topological polar surface area (TPSA) is 148 Å². The van der Waals surface area contributed by atoms with Crippen LogP contribution in [0.4, 0.5) is 16.2 Å². The second-order valence-electron chi connectivity index (χ2n) is 7.56. The molecule has 178 valence electrons. The van der Waals surface area contributed by atoms with Gasteiger partial charge in [0, 0.05) is 0 Å². The molecule has 0 unspecified atom stereocenters. The number of carbonyl (C=O) groups is 2. The van der Waals surface area contributed by atoms with Gasteiger partial charge >= 0.3 is 16.4 Å². The summed E-state index contributed by atoms with van der Waals surface area (Å²) in [6.07, 6.45) is 0.219. The zero-order valence-electron chi connectivity index (χ0n) is 18.3. The van der Waals surface area contributed by atoms with E-state index in [0.29, 0.717) is 16.8 Å². The Kier molecular flexibility index (Phi) is 6.56. The SMILES string of the molecule is COC(=O)Oc1cc(Cc2cc(C)cc(C)c2NS(C)(=O)=O)ccc1N1CC(=O)NS1(=O)=O. The number of anilines is 2. The van der Waals surface area contributed by atoms with E-state index in [9.17, 15) is 26.4 Å². The summed E-state index contributed by atoms with van der Waals surface area (Å²) < 4.78 is 63.1. The predicted octanol–water partition coefficient (Wildman–Crippen LogP) is 1.59. The Morgan fingerprint density at radius 3 is 2.48 bits per heavy atom. The molecule has 13 heteroatoms. The average Bonchev–Trinajstić information content (AvgIpc) is 2.95. The summed E-state index contributed by atoms with van der Waals surface area (Å²) in [7, 11) is -6.58. The molecule has 1 fully saturated rings. The van der Waals surface area contributed by atoms with Crippen LogP contribution in [0.2, 0.25) is 0 Å². The Labute approximate surface area is 191 Å². The van der Waals surface area contributed by atoms with Gasteiger partial charge in [0.1, 0.15) is 6.54 Å². The van der Waals surface area contributed by atoms with Crippen LogP contribution in [0.3, 0.4) is 0 Å².